The highest BCUT2D eigenvalue weighted by molar-refractivity contribution is 6.31. The van der Waals surface area contributed by atoms with Gasteiger partial charge < -0.3 is 14.4 Å². The van der Waals surface area contributed by atoms with Crippen LogP contribution in [0.15, 0.2) is 54.6 Å². The van der Waals surface area contributed by atoms with Gasteiger partial charge in [0, 0.05) is 16.1 Å². The highest BCUT2D eigenvalue weighted by Gasteiger charge is 2.80. The second kappa shape index (κ2) is 8.62. The number of rotatable bonds is 8. The summed E-state index contributed by atoms with van der Waals surface area (Å²) >= 11 is 6.39. The van der Waals surface area contributed by atoms with E-state index in [0.717, 1.165) is 35.4 Å². The van der Waals surface area contributed by atoms with E-state index in [1.807, 2.05) is 42.5 Å². The Hall–Kier alpha value is -2.79. The molecule has 0 bridgehead atoms. The van der Waals surface area contributed by atoms with Crippen molar-refractivity contribution in [2.24, 2.45) is 5.41 Å². The van der Waals surface area contributed by atoms with Gasteiger partial charge in [0.15, 0.2) is 5.41 Å². The fraction of sp³-hybridized carbons (Fsp3) is 0.385. The maximum absolute atomic E-state index is 14.0. The SMILES string of the molecule is CCC/C=C/C12CC1(C(=O)OCC)C(=O)N(Cc1ccc(OC)cc1)c1ccc(Cl)cc12. The van der Waals surface area contributed by atoms with E-state index < -0.39 is 16.8 Å². The molecule has 0 N–H and O–H groups in total. The van der Waals surface area contributed by atoms with Gasteiger partial charge in [0.2, 0.25) is 5.91 Å². The van der Waals surface area contributed by atoms with Crippen molar-refractivity contribution in [1.29, 1.82) is 0 Å². The number of ether oxygens (including phenoxy) is 2. The van der Waals surface area contributed by atoms with E-state index in [-0.39, 0.29) is 12.5 Å². The Morgan fingerprint density at radius 2 is 1.94 bits per heavy atom. The zero-order valence-corrected chi connectivity index (χ0v) is 19.4. The van der Waals surface area contributed by atoms with E-state index in [1.54, 1.807) is 25.0 Å². The molecule has 0 spiro atoms. The summed E-state index contributed by atoms with van der Waals surface area (Å²) in [5, 5.41) is 0.579. The van der Waals surface area contributed by atoms with Gasteiger partial charge in [0.25, 0.3) is 0 Å². The molecule has 5 nitrogen and oxygen atoms in total. The van der Waals surface area contributed by atoms with Gasteiger partial charge in [-0.25, -0.2) is 0 Å². The van der Waals surface area contributed by atoms with Gasteiger partial charge in [0.05, 0.1) is 20.3 Å². The van der Waals surface area contributed by atoms with Crippen LogP contribution >= 0.6 is 11.6 Å². The quantitative estimate of drug-likeness (QED) is 0.303. The maximum atomic E-state index is 14.0. The molecule has 2 aliphatic rings. The number of anilines is 1. The normalized spacial score (nSPS) is 23.6. The first-order valence-corrected chi connectivity index (χ1v) is 11.4. The number of fused-ring (bicyclic) bond motifs is 3. The molecule has 1 saturated carbocycles. The van der Waals surface area contributed by atoms with E-state index >= 15 is 0 Å². The van der Waals surface area contributed by atoms with Crippen molar-refractivity contribution >= 4 is 29.2 Å². The number of esters is 1. The van der Waals surface area contributed by atoms with Gasteiger partial charge in [-0.05, 0) is 61.2 Å². The maximum Gasteiger partial charge on any atom is 0.322 e. The monoisotopic (exact) mass is 453 g/mol. The van der Waals surface area contributed by atoms with Crippen molar-refractivity contribution in [3.05, 3.63) is 70.8 Å². The summed E-state index contributed by atoms with van der Waals surface area (Å²) in [6.45, 7) is 4.43. The predicted octanol–water partition coefficient (Wildman–Crippen LogP) is 5.44. The van der Waals surface area contributed by atoms with E-state index in [2.05, 4.69) is 13.0 Å². The van der Waals surface area contributed by atoms with Crippen LogP contribution in [0.3, 0.4) is 0 Å². The molecule has 4 rings (SSSR count). The number of methoxy groups -OCH3 is 1. The van der Waals surface area contributed by atoms with Crippen LogP contribution in [0.1, 0.15) is 44.2 Å². The van der Waals surface area contributed by atoms with Gasteiger partial charge in [-0.2, -0.15) is 0 Å². The number of carbonyl (C=O) groups is 2. The highest BCUT2D eigenvalue weighted by Crippen LogP contribution is 2.71. The Bertz CT molecular complexity index is 1060. The van der Waals surface area contributed by atoms with Crippen LogP contribution in [0, 0.1) is 5.41 Å². The molecule has 2 aromatic rings. The summed E-state index contributed by atoms with van der Waals surface area (Å²) in [5.41, 5.74) is 0.653. The van der Waals surface area contributed by atoms with Crippen LogP contribution in [-0.2, 0) is 26.3 Å². The van der Waals surface area contributed by atoms with E-state index in [0.29, 0.717) is 18.0 Å². The summed E-state index contributed by atoms with van der Waals surface area (Å²) < 4.78 is 10.7. The van der Waals surface area contributed by atoms with Crippen LogP contribution in [-0.4, -0.2) is 25.6 Å². The third-order valence-electron chi connectivity index (χ3n) is 6.50. The Morgan fingerprint density at radius 1 is 1.19 bits per heavy atom. The number of unbranched alkanes of at least 4 members (excludes halogenated alkanes) is 1. The van der Waals surface area contributed by atoms with E-state index in [4.69, 9.17) is 21.1 Å². The Labute approximate surface area is 194 Å². The average Bonchev–Trinajstić information content (AvgIpc) is 3.50. The van der Waals surface area contributed by atoms with Crippen LogP contribution in [0.25, 0.3) is 0 Å². The summed E-state index contributed by atoms with van der Waals surface area (Å²) in [6, 6.07) is 13.1. The molecule has 1 heterocycles. The molecule has 168 valence electrons. The minimum Gasteiger partial charge on any atom is -0.497 e. The second-order valence-electron chi connectivity index (χ2n) is 8.37. The molecular formula is C26H28ClNO4. The molecule has 1 aliphatic heterocycles. The van der Waals surface area contributed by atoms with Gasteiger partial charge in [-0.3, -0.25) is 9.59 Å². The van der Waals surface area contributed by atoms with E-state index in [1.165, 1.54) is 0 Å². The number of hydrogen-bond acceptors (Lipinski definition) is 4. The standard InChI is InChI=1S/C26H28ClNO4/c1-4-6-7-14-25-17-26(25,24(30)32-5-2)23(29)28(22-13-10-19(27)15-21(22)25)16-18-8-11-20(31-3)12-9-18/h7-15H,4-6,16-17H2,1-3H3/b14-7+. The van der Waals surface area contributed by atoms with Gasteiger partial charge in [-0.1, -0.05) is 49.2 Å². The molecule has 1 fully saturated rings. The molecule has 0 saturated heterocycles. The highest BCUT2D eigenvalue weighted by atomic mass is 35.5. The number of benzene rings is 2. The summed E-state index contributed by atoms with van der Waals surface area (Å²) in [5.74, 6) is 0.0652. The fourth-order valence-corrected chi connectivity index (χ4v) is 4.99. The zero-order chi connectivity index (χ0) is 22.9. The predicted molar refractivity (Wildman–Crippen MR) is 125 cm³/mol. The topological polar surface area (TPSA) is 55.8 Å². The lowest BCUT2D eigenvalue weighted by atomic mass is 9.79. The van der Waals surface area contributed by atoms with Crippen molar-refractivity contribution < 1.29 is 19.1 Å². The minimum atomic E-state index is -1.25. The molecule has 1 amide bonds. The molecular weight excluding hydrogens is 426 g/mol. The van der Waals surface area contributed by atoms with Gasteiger partial charge in [0.1, 0.15) is 5.75 Å². The third-order valence-corrected chi connectivity index (χ3v) is 6.74. The molecule has 2 unspecified atom stereocenters. The largest absolute Gasteiger partial charge is 0.497 e. The molecule has 0 aromatic heterocycles. The van der Waals surface area contributed by atoms with Crippen molar-refractivity contribution in [2.45, 2.75) is 45.1 Å². The van der Waals surface area contributed by atoms with Crippen LogP contribution < -0.4 is 9.64 Å². The molecule has 0 radical (unpaired) electrons. The molecule has 1 aliphatic carbocycles. The molecule has 2 aromatic carbocycles. The third kappa shape index (κ3) is 3.39. The average molecular weight is 454 g/mol. The van der Waals surface area contributed by atoms with Gasteiger partial charge in [-0.15, -0.1) is 0 Å². The number of carbonyl (C=O) groups excluding carboxylic acids is 2. The van der Waals surface area contributed by atoms with Crippen molar-refractivity contribution in [2.75, 3.05) is 18.6 Å². The van der Waals surface area contributed by atoms with Gasteiger partial charge >= 0.3 is 5.97 Å². The minimum absolute atomic E-state index is 0.220. The van der Waals surface area contributed by atoms with Crippen molar-refractivity contribution in [1.82, 2.24) is 0 Å². The fourth-order valence-electron chi connectivity index (χ4n) is 4.81. The Balaban J connectivity index is 1.83. The number of amides is 1. The van der Waals surface area contributed by atoms with Crippen LogP contribution in [0.4, 0.5) is 5.69 Å². The Kier molecular flexibility index (Phi) is 6.04. The first-order chi connectivity index (χ1) is 15.4. The lowest BCUT2D eigenvalue weighted by Crippen LogP contribution is -2.49. The number of nitrogens with zero attached hydrogens (tertiary/aromatic N) is 1. The smallest absolute Gasteiger partial charge is 0.322 e. The molecule has 6 heteroatoms. The molecule has 32 heavy (non-hydrogen) atoms. The zero-order valence-electron chi connectivity index (χ0n) is 18.7. The lowest BCUT2D eigenvalue weighted by molar-refractivity contribution is -0.154. The number of allylic oxidation sites excluding steroid dienone is 2. The second-order valence-corrected chi connectivity index (χ2v) is 8.80. The summed E-state index contributed by atoms with van der Waals surface area (Å²) in [7, 11) is 1.62. The summed E-state index contributed by atoms with van der Waals surface area (Å²) in [4.78, 5) is 28.9. The van der Waals surface area contributed by atoms with Crippen molar-refractivity contribution in [3.63, 3.8) is 0 Å². The summed E-state index contributed by atoms with van der Waals surface area (Å²) in [6.07, 6.45) is 6.35. The van der Waals surface area contributed by atoms with Crippen LogP contribution in [0.5, 0.6) is 5.75 Å². The molecule has 2 atom stereocenters. The van der Waals surface area contributed by atoms with E-state index in [9.17, 15) is 9.59 Å². The Morgan fingerprint density at radius 3 is 2.59 bits per heavy atom. The number of halogens is 1. The lowest BCUT2D eigenvalue weighted by Gasteiger charge is -2.37. The first-order valence-electron chi connectivity index (χ1n) is 11.0. The first kappa shape index (κ1) is 22.4. The number of hydrogen-bond donors (Lipinski definition) is 0. The van der Waals surface area contributed by atoms with Crippen LogP contribution in [0.2, 0.25) is 5.02 Å². The van der Waals surface area contributed by atoms with Crippen molar-refractivity contribution in [3.8, 4) is 5.75 Å².